The van der Waals surface area contributed by atoms with E-state index < -0.39 is 12.0 Å². The van der Waals surface area contributed by atoms with Gasteiger partial charge < -0.3 is 5.32 Å². The van der Waals surface area contributed by atoms with Gasteiger partial charge in [0.1, 0.15) is 0 Å². The fourth-order valence-electron chi connectivity index (χ4n) is 3.22. The summed E-state index contributed by atoms with van der Waals surface area (Å²) in [7, 11) is 0. The van der Waals surface area contributed by atoms with Gasteiger partial charge >= 0.3 is 6.18 Å². The molecule has 4 rings (SSSR count). The second kappa shape index (κ2) is 6.84. The van der Waals surface area contributed by atoms with Crippen molar-refractivity contribution in [1.82, 2.24) is 19.6 Å². The van der Waals surface area contributed by atoms with Gasteiger partial charge in [0.25, 0.3) is 11.6 Å². The second-order valence-corrected chi connectivity index (χ2v) is 6.69. The number of halogens is 3. The standard InChI is InChI=1S/C20H16F3N5O/c1-11-16(12(2)28-19(24-11)26-18(27-28)20(21,22)23)10-17(29)25-15-8-7-13-5-3-4-6-14(13)9-15/h3-9H,10H2,1-2H3,(H,25,29). The van der Waals surface area contributed by atoms with Gasteiger partial charge in [0.15, 0.2) is 0 Å². The van der Waals surface area contributed by atoms with E-state index in [1.54, 1.807) is 19.9 Å². The molecule has 0 fully saturated rings. The summed E-state index contributed by atoms with van der Waals surface area (Å²) in [5, 5.41) is 8.36. The number of benzene rings is 2. The van der Waals surface area contributed by atoms with E-state index in [-0.39, 0.29) is 18.1 Å². The first kappa shape index (κ1) is 18.9. The number of aromatic nitrogens is 4. The van der Waals surface area contributed by atoms with Crippen LogP contribution < -0.4 is 5.32 Å². The average Bonchev–Trinajstić information content (AvgIpc) is 3.09. The quantitative estimate of drug-likeness (QED) is 0.563. The third-order valence-electron chi connectivity index (χ3n) is 4.67. The van der Waals surface area contributed by atoms with E-state index in [1.807, 2.05) is 36.4 Å². The maximum Gasteiger partial charge on any atom is 0.453 e. The van der Waals surface area contributed by atoms with Crippen LogP contribution in [0.1, 0.15) is 22.8 Å². The molecular weight excluding hydrogens is 383 g/mol. The lowest BCUT2D eigenvalue weighted by Gasteiger charge is -2.11. The first-order valence-corrected chi connectivity index (χ1v) is 8.81. The largest absolute Gasteiger partial charge is 0.453 e. The fourth-order valence-corrected chi connectivity index (χ4v) is 3.22. The number of fused-ring (bicyclic) bond motifs is 2. The second-order valence-electron chi connectivity index (χ2n) is 6.69. The van der Waals surface area contributed by atoms with Gasteiger partial charge in [-0.3, -0.25) is 4.79 Å². The molecule has 0 atom stereocenters. The molecule has 29 heavy (non-hydrogen) atoms. The minimum atomic E-state index is -4.67. The molecule has 2 aromatic heterocycles. The number of anilines is 1. The first-order chi connectivity index (χ1) is 13.7. The van der Waals surface area contributed by atoms with Gasteiger partial charge in [0, 0.05) is 22.6 Å². The van der Waals surface area contributed by atoms with Crippen molar-refractivity contribution in [2.45, 2.75) is 26.4 Å². The minimum Gasteiger partial charge on any atom is -0.326 e. The Morgan fingerprint density at radius 3 is 2.52 bits per heavy atom. The zero-order valence-electron chi connectivity index (χ0n) is 15.6. The van der Waals surface area contributed by atoms with Crippen molar-refractivity contribution in [3.63, 3.8) is 0 Å². The third kappa shape index (κ3) is 3.63. The molecule has 0 aliphatic rings. The Morgan fingerprint density at radius 1 is 1.07 bits per heavy atom. The van der Waals surface area contributed by atoms with Crippen LogP contribution in [0.5, 0.6) is 0 Å². The monoisotopic (exact) mass is 399 g/mol. The number of alkyl halides is 3. The normalized spacial score (nSPS) is 11.9. The third-order valence-corrected chi connectivity index (χ3v) is 4.67. The molecule has 0 saturated heterocycles. The molecule has 0 unspecified atom stereocenters. The molecule has 0 saturated carbocycles. The van der Waals surface area contributed by atoms with Gasteiger partial charge in [-0.25, -0.2) is 9.50 Å². The molecule has 1 N–H and O–H groups in total. The van der Waals surface area contributed by atoms with Crippen molar-refractivity contribution in [3.8, 4) is 0 Å². The summed E-state index contributed by atoms with van der Waals surface area (Å²) in [6, 6.07) is 13.3. The first-order valence-electron chi connectivity index (χ1n) is 8.81. The number of nitrogens with zero attached hydrogens (tertiary/aromatic N) is 4. The Morgan fingerprint density at radius 2 is 1.79 bits per heavy atom. The van der Waals surface area contributed by atoms with Crippen molar-refractivity contribution in [1.29, 1.82) is 0 Å². The van der Waals surface area contributed by atoms with Gasteiger partial charge in [0.05, 0.1) is 6.42 Å². The van der Waals surface area contributed by atoms with E-state index in [1.165, 1.54) is 0 Å². The number of hydrogen-bond donors (Lipinski definition) is 1. The highest BCUT2D eigenvalue weighted by molar-refractivity contribution is 5.95. The number of carbonyl (C=O) groups excluding carboxylic acids is 1. The summed E-state index contributed by atoms with van der Waals surface area (Å²) in [5.41, 5.74) is 1.97. The zero-order chi connectivity index (χ0) is 20.8. The molecule has 4 aromatic rings. The summed E-state index contributed by atoms with van der Waals surface area (Å²) in [4.78, 5) is 20.1. The molecule has 1 amide bonds. The van der Waals surface area contributed by atoms with E-state index >= 15 is 0 Å². The lowest BCUT2D eigenvalue weighted by Crippen LogP contribution is -2.17. The zero-order valence-corrected chi connectivity index (χ0v) is 15.6. The van der Waals surface area contributed by atoms with Crippen LogP contribution in [0, 0.1) is 13.8 Å². The van der Waals surface area contributed by atoms with Crippen LogP contribution in [0.2, 0.25) is 0 Å². The van der Waals surface area contributed by atoms with E-state index in [4.69, 9.17) is 0 Å². The SMILES string of the molecule is Cc1nc2nc(C(F)(F)F)nn2c(C)c1CC(=O)Nc1ccc2ccccc2c1. The summed E-state index contributed by atoms with van der Waals surface area (Å²) < 4.78 is 39.7. The highest BCUT2D eigenvalue weighted by atomic mass is 19.4. The molecule has 0 spiro atoms. The van der Waals surface area contributed by atoms with E-state index in [9.17, 15) is 18.0 Å². The number of hydrogen-bond acceptors (Lipinski definition) is 4. The molecule has 9 heteroatoms. The Hall–Kier alpha value is -3.49. The van der Waals surface area contributed by atoms with Gasteiger partial charge in [0.2, 0.25) is 5.91 Å². The number of nitrogens with one attached hydrogen (secondary N) is 1. The topological polar surface area (TPSA) is 72.2 Å². The maximum atomic E-state index is 12.9. The van der Waals surface area contributed by atoms with Crippen molar-refractivity contribution in [2.75, 3.05) is 5.32 Å². The van der Waals surface area contributed by atoms with E-state index in [0.717, 1.165) is 15.3 Å². The van der Waals surface area contributed by atoms with Gasteiger partial charge in [-0.05, 0) is 36.8 Å². The molecule has 6 nitrogen and oxygen atoms in total. The van der Waals surface area contributed by atoms with Crippen molar-refractivity contribution >= 4 is 28.1 Å². The molecular formula is C20H16F3N5O. The smallest absolute Gasteiger partial charge is 0.326 e. The van der Waals surface area contributed by atoms with Crippen LogP contribution in [-0.2, 0) is 17.4 Å². The predicted molar refractivity (Wildman–Crippen MR) is 102 cm³/mol. The molecule has 2 aromatic carbocycles. The highest BCUT2D eigenvalue weighted by Crippen LogP contribution is 2.27. The maximum absolute atomic E-state index is 12.9. The number of aryl methyl sites for hydroxylation is 2. The van der Waals surface area contributed by atoms with E-state index in [0.29, 0.717) is 22.6 Å². The number of carbonyl (C=O) groups is 1. The van der Waals surface area contributed by atoms with Crippen LogP contribution >= 0.6 is 0 Å². The van der Waals surface area contributed by atoms with Crippen LogP contribution in [0.15, 0.2) is 42.5 Å². The van der Waals surface area contributed by atoms with Gasteiger partial charge in [-0.15, -0.1) is 5.10 Å². The molecule has 0 bridgehead atoms. The summed E-state index contributed by atoms with van der Waals surface area (Å²) in [6.45, 7) is 3.22. The molecule has 0 radical (unpaired) electrons. The fraction of sp³-hybridized carbons (Fsp3) is 0.200. The number of amides is 1. The molecule has 2 heterocycles. The van der Waals surface area contributed by atoms with Crippen LogP contribution in [-0.4, -0.2) is 25.5 Å². The van der Waals surface area contributed by atoms with Crippen molar-refractivity contribution in [2.24, 2.45) is 0 Å². The van der Waals surface area contributed by atoms with Crippen LogP contribution in [0.4, 0.5) is 18.9 Å². The average molecular weight is 399 g/mol. The molecule has 148 valence electrons. The lowest BCUT2D eigenvalue weighted by molar-refractivity contribution is -0.144. The highest BCUT2D eigenvalue weighted by Gasteiger charge is 2.37. The molecule has 0 aliphatic heterocycles. The Bertz CT molecular complexity index is 1250. The Labute approximate surface area is 163 Å². The predicted octanol–water partition coefficient (Wildman–Crippen LogP) is 4.09. The number of rotatable bonds is 3. The lowest BCUT2D eigenvalue weighted by atomic mass is 10.1. The summed E-state index contributed by atoms with van der Waals surface area (Å²) in [6.07, 6.45) is -4.71. The van der Waals surface area contributed by atoms with E-state index in [2.05, 4.69) is 20.4 Å². The Balaban J connectivity index is 1.61. The molecule has 0 aliphatic carbocycles. The van der Waals surface area contributed by atoms with Crippen molar-refractivity contribution < 1.29 is 18.0 Å². The summed E-state index contributed by atoms with van der Waals surface area (Å²) in [5.74, 6) is -1.71. The Kier molecular flexibility index (Phi) is 4.45. The summed E-state index contributed by atoms with van der Waals surface area (Å²) >= 11 is 0. The van der Waals surface area contributed by atoms with Gasteiger partial charge in [-0.2, -0.15) is 18.2 Å². The minimum absolute atomic E-state index is 0.0470. The van der Waals surface area contributed by atoms with Crippen molar-refractivity contribution in [3.05, 3.63) is 65.2 Å². The van der Waals surface area contributed by atoms with Crippen LogP contribution in [0.3, 0.4) is 0 Å². The van der Waals surface area contributed by atoms with Gasteiger partial charge in [-0.1, -0.05) is 30.3 Å². The van der Waals surface area contributed by atoms with Crippen LogP contribution in [0.25, 0.3) is 16.6 Å².